The van der Waals surface area contributed by atoms with Crippen LogP contribution < -0.4 is 0 Å². The maximum Gasteiger partial charge on any atom is 0.169 e. The molecule has 106 valence electrons. The van der Waals surface area contributed by atoms with Crippen LogP contribution in [0.2, 0.25) is 0 Å². The summed E-state index contributed by atoms with van der Waals surface area (Å²) in [6.07, 6.45) is 2.77. The number of hydrogen-bond donors (Lipinski definition) is 0. The zero-order chi connectivity index (χ0) is 15.1. The standard InChI is InChI=1S/C18H11BrN2O/c19-14-7-5-13(6-8-14)17-16(11-22)21-10-9-12-3-1-2-4-15(12)18(21)20-17/h1-11H. The third-order valence-electron chi connectivity index (χ3n) is 3.78. The lowest BCUT2D eigenvalue weighted by molar-refractivity contribution is 0.111. The number of pyridine rings is 1. The van der Waals surface area contributed by atoms with Gasteiger partial charge in [-0.05, 0) is 23.6 Å². The summed E-state index contributed by atoms with van der Waals surface area (Å²) in [5, 5.41) is 2.15. The summed E-state index contributed by atoms with van der Waals surface area (Å²) in [5.74, 6) is 0. The number of carbonyl (C=O) groups is 1. The molecule has 2 aromatic carbocycles. The van der Waals surface area contributed by atoms with Gasteiger partial charge in [-0.3, -0.25) is 9.20 Å². The average Bonchev–Trinajstić information content (AvgIpc) is 2.94. The molecule has 22 heavy (non-hydrogen) atoms. The summed E-state index contributed by atoms with van der Waals surface area (Å²) in [4.78, 5) is 16.3. The minimum atomic E-state index is 0.572. The number of nitrogens with zero attached hydrogens (tertiary/aromatic N) is 2. The highest BCUT2D eigenvalue weighted by molar-refractivity contribution is 9.10. The van der Waals surface area contributed by atoms with E-state index in [1.165, 1.54) is 0 Å². The van der Waals surface area contributed by atoms with Crippen LogP contribution in [0.15, 0.2) is 65.3 Å². The van der Waals surface area contributed by atoms with E-state index in [-0.39, 0.29) is 0 Å². The molecule has 0 fully saturated rings. The lowest BCUT2D eigenvalue weighted by Gasteiger charge is -2.00. The van der Waals surface area contributed by atoms with Crippen molar-refractivity contribution in [3.8, 4) is 11.3 Å². The molecule has 0 spiro atoms. The number of halogens is 1. The fourth-order valence-electron chi connectivity index (χ4n) is 2.72. The molecule has 0 unspecified atom stereocenters. The van der Waals surface area contributed by atoms with E-state index in [1.807, 2.05) is 65.2 Å². The number of aromatic nitrogens is 2. The molecule has 0 aliphatic rings. The van der Waals surface area contributed by atoms with Crippen molar-refractivity contribution >= 4 is 38.6 Å². The second-order valence-corrected chi connectivity index (χ2v) is 5.98. The Morgan fingerprint density at radius 3 is 2.55 bits per heavy atom. The smallest absolute Gasteiger partial charge is 0.169 e. The van der Waals surface area contributed by atoms with Crippen LogP contribution in [0.1, 0.15) is 10.5 Å². The Labute approximate surface area is 135 Å². The van der Waals surface area contributed by atoms with Gasteiger partial charge in [-0.25, -0.2) is 4.98 Å². The van der Waals surface area contributed by atoms with Crippen molar-refractivity contribution in [2.75, 3.05) is 0 Å². The molecule has 0 N–H and O–H groups in total. The van der Waals surface area contributed by atoms with Crippen LogP contribution in [0, 0.1) is 0 Å². The Morgan fingerprint density at radius 2 is 1.77 bits per heavy atom. The van der Waals surface area contributed by atoms with E-state index in [9.17, 15) is 4.79 Å². The molecule has 0 atom stereocenters. The predicted molar refractivity (Wildman–Crippen MR) is 91.2 cm³/mol. The Bertz CT molecular complexity index is 1000. The van der Waals surface area contributed by atoms with Crippen LogP contribution in [0.3, 0.4) is 0 Å². The molecule has 2 heterocycles. The zero-order valence-corrected chi connectivity index (χ0v) is 13.1. The molecule has 0 amide bonds. The first-order chi connectivity index (χ1) is 10.8. The van der Waals surface area contributed by atoms with Crippen LogP contribution in [0.25, 0.3) is 27.7 Å². The summed E-state index contributed by atoms with van der Waals surface area (Å²) in [6, 6.07) is 17.9. The number of carbonyl (C=O) groups excluding carboxylic acids is 1. The fraction of sp³-hybridized carbons (Fsp3) is 0. The highest BCUT2D eigenvalue weighted by Crippen LogP contribution is 2.28. The number of rotatable bonds is 2. The normalized spacial score (nSPS) is 11.1. The number of fused-ring (bicyclic) bond motifs is 3. The van der Waals surface area contributed by atoms with Gasteiger partial charge in [-0.1, -0.05) is 52.3 Å². The molecule has 4 heteroatoms. The van der Waals surface area contributed by atoms with Gasteiger partial charge in [0, 0.05) is 21.6 Å². The van der Waals surface area contributed by atoms with Crippen LogP contribution in [0.4, 0.5) is 0 Å². The first-order valence-corrected chi connectivity index (χ1v) is 7.68. The zero-order valence-electron chi connectivity index (χ0n) is 11.5. The number of hydrogen-bond acceptors (Lipinski definition) is 2. The maximum absolute atomic E-state index is 11.6. The van der Waals surface area contributed by atoms with Crippen molar-refractivity contribution in [2.45, 2.75) is 0 Å². The van der Waals surface area contributed by atoms with E-state index in [1.54, 1.807) is 0 Å². The predicted octanol–water partition coefficient (Wildman–Crippen LogP) is 4.73. The fourth-order valence-corrected chi connectivity index (χ4v) is 2.98. The highest BCUT2D eigenvalue weighted by atomic mass is 79.9. The van der Waals surface area contributed by atoms with Crippen LogP contribution in [-0.2, 0) is 0 Å². The molecular weight excluding hydrogens is 340 g/mol. The maximum atomic E-state index is 11.6. The van der Waals surface area contributed by atoms with E-state index in [0.717, 1.165) is 32.7 Å². The number of benzene rings is 2. The van der Waals surface area contributed by atoms with E-state index in [2.05, 4.69) is 15.9 Å². The van der Waals surface area contributed by atoms with Gasteiger partial charge in [0.15, 0.2) is 6.29 Å². The molecule has 0 aliphatic heterocycles. The van der Waals surface area contributed by atoms with Gasteiger partial charge in [-0.2, -0.15) is 0 Å². The molecule has 0 aliphatic carbocycles. The molecule has 0 bridgehead atoms. The third kappa shape index (κ3) is 1.96. The molecule has 2 aromatic heterocycles. The average molecular weight is 351 g/mol. The van der Waals surface area contributed by atoms with E-state index in [4.69, 9.17) is 4.98 Å². The Kier molecular flexibility index (Phi) is 3.05. The number of imidazole rings is 1. The van der Waals surface area contributed by atoms with E-state index in [0.29, 0.717) is 11.4 Å². The first-order valence-electron chi connectivity index (χ1n) is 6.89. The quantitative estimate of drug-likeness (QED) is 0.490. The van der Waals surface area contributed by atoms with Gasteiger partial charge in [0.25, 0.3) is 0 Å². The lowest BCUT2D eigenvalue weighted by Crippen LogP contribution is -1.92. The summed E-state index contributed by atoms with van der Waals surface area (Å²) >= 11 is 3.43. The van der Waals surface area contributed by atoms with Gasteiger partial charge in [0.1, 0.15) is 17.0 Å². The van der Waals surface area contributed by atoms with Crippen LogP contribution >= 0.6 is 15.9 Å². The topological polar surface area (TPSA) is 34.4 Å². The van der Waals surface area contributed by atoms with Crippen molar-refractivity contribution in [2.24, 2.45) is 0 Å². The minimum absolute atomic E-state index is 0.572. The summed E-state index contributed by atoms with van der Waals surface area (Å²) < 4.78 is 2.85. The molecule has 0 radical (unpaired) electrons. The Balaban J connectivity index is 2.08. The van der Waals surface area contributed by atoms with Gasteiger partial charge >= 0.3 is 0 Å². The molecule has 0 saturated carbocycles. The van der Waals surface area contributed by atoms with Gasteiger partial charge in [0.05, 0.1) is 0 Å². The van der Waals surface area contributed by atoms with E-state index >= 15 is 0 Å². The largest absolute Gasteiger partial charge is 0.296 e. The van der Waals surface area contributed by atoms with Crippen molar-refractivity contribution in [1.29, 1.82) is 0 Å². The monoisotopic (exact) mass is 350 g/mol. The molecule has 4 rings (SSSR count). The van der Waals surface area contributed by atoms with Crippen LogP contribution in [-0.4, -0.2) is 15.7 Å². The van der Waals surface area contributed by atoms with Crippen molar-refractivity contribution in [1.82, 2.24) is 9.38 Å². The second-order valence-electron chi connectivity index (χ2n) is 5.07. The molecule has 0 saturated heterocycles. The van der Waals surface area contributed by atoms with Gasteiger partial charge < -0.3 is 0 Å². The SMILES string of the molecule is O=Cc1c(-c2ccc(Br)cc2)nc2c3ccccc3ccn12. The lowest BCUT2D eigenvalue weighted by atomic mass is 10.1. The minimum Gasteiger partial charge on any atom is -0.296 e. The van der Waals surface area contributed by atoms with Crippen molar-refractivity contribution in [3.63, 3.8) is 0 Å². The second kappa shape index (κ2) is 5.07. The van der Waals surface area contributed by atoms with Gasteiger partial charge in [0.2, 0.25) is 0 Å². The molecular formula is C18H11BrN2O. The van der Waals surface area contributed by atoms with Crippen molar-refractivity contribution in [3.05, 3.63) is 71.0 Å². The molecule has 4 aromatic rings. The van der Waals surface area contributed by atoms with Gasteiger partial charge in [-0.15, -0.1) is 0 Å². The Hall–Kier alpha value is -2.46. The van der Waals surface area contributed by atoms with E-state index < -0.39 is 0 Å². The van der Waals surface area contributed by atoms with Crippen molar-refractivity contribution < 1.29 is 4.79 Å². The number of aldehydes is 1. The van der Waals surface area contributed by atoms with Crippen LogP contribution in [0.5, 0.6) is 0 Å². The summed E-state index contributed by atoms with van der Waals surface area (Å²) in [6.45, 7) is 0. The first kappa shape index (κ1) is 13.2. The molecule has 3 nitrogen and oxygen atoms in total. The Morgan fingerprint density at radius 1 is 1.00 bits per heavy atom. The summed E-state index contributed by atoms with van der Waals surface area (Å²) in [7, 11) is 0. The highest BCUT2D eigenvalue weighted by Gasteiger charge is 2.15. The summed E-state index contributed by atoms with van der Waals surface area (Å²) in [5.41, 5.74) is 3.01. The third-order valence-corrected chi connectivity index (χ3v) is 4.31.